The van der Waals surface area contributed by atoms with Crippen molar-refractivity contribution in [1.82, 2.24) is 10.3 Å². The number of fused-ring (bicyclic) bond motifs is 2. The van der Waals surface area contributed by atoms with Crippen LogP contribution in [0.2, 0.25) is 0 Å². The summed E-state index contributed by atoms with van der Waals surface area (Å²) in [5, 5.41) is 0. The SMILES string of the molecule is CCCCC(NN)C1CC2CCC(C1)N2C. The van der Waals surface area contributed by atoms with Crippen molar-refractivity contribution in [2.45, 2.75) is 70.0 Å². The number of unbranched alkanes of at least 4 members (excludes halogenated alkanes) is 1. The fraction of sp³-hybridized carbons (Fsp3) is 1.00. The van der Waals surface area contributed by atoms with Gasteiger partial charge >= 0.3 is 0 Å². The molecule has 0 saturated carbocycles. The second kappa shape index (κ2) is 5.48. The summed E-state index contributed by atoms with van der Waals surface area (Å²) in [4.78, 5) is 2.60. The molecule has 2 aliphatic heterocycles. The van der Waals surface area contributed by atoms with Crippen LogP contribution in [-0.2, 0) is 0 Å². The highest BCUT2D eigenvalue weighted by molar-refractivity contribution is 4.96. The number of hydrazine groups is 1. The Hall–Kier alpha value is -0.120. The average Bonchev–Trinajstić information content (AvgIpc) is 2.54. The zero-order valence-electron chi connectivity index (χ0n) is 10.8. The van der Waals surface area contributed by atoms with E-state index < -0.39 is 0 Å². The van der Waals surface area contributed by atoms with Crippen molar-refractivity contribution in [2.75, 3.05) is 7.05 Å². The Morgan fingerprint density at radius 2 is 1.94 bits per heavy atom. The van der Waals surface area contributed by atoms with Crippen LogP contribution in [0.4, 0.5) is 0 Å². The number of piperidine rings is 1. The third-order valence-corrected chi connectivity index (χ3v) is 4.79. The number of nitrogens with one attached hydrogen (secondary N) is 1. The number of hydrogen-bond acceptors (Lipinski definition) is 3. The van der Waals surface area contributed by atoms with E-state index in [2.05, 4.69) is 24.3 Å². The van der Waals surface area contributed by atoms with Gasteiger partial charge in [0.1, 0.15) is 0 Å². The fourth-order valence-corrected chi connectivity index (χ4v) is 3.66. The van der Waals surface area contributed by atoms with Crippen molar-refractivity contribution >= 4 is 0 Å². The Kier molecular flexibility index (Phi) is 4.22. The molecule has 2 heterocycles. The summed E-state index contributed by atoms with van der Waals surface area (Å²) in [6.07, 6.45) is 9.34. The second-order valence-corrected chi connectivity index (χ2v) is 5.70. The van der Waals surface area contributed by atoms with Crippen LogP contribution >= 0.6 is 0 Å². The lowest BCUT2D eigenvalue weighted by Crippen LogP contribution is -2.48. The molecule has 2 bridgehead atoms. The molecule has 2 aliphatic rings. The summed E-state index contributed by atoms with van der Waals surface area (Å²) in [6, 6.07) is 2.22. The predicted octanol–water partition coefficient (Wildman–Crippen LogP) is 1.88. The predicted molar refractivity (Wildman–Crippen MR) is 67.9 cm³/mol. The third kappa shape index (κ3) is 2.41. The Morgan fingerprint density at radius 1 is 1.31 bits per heavy atom. The Balaban J connectivity index is 1.90. The van der Waals surface area contributed by atoms with E-state index in [0.29, 0.717) is 6.04 Å². The van der Waals surface area contributed by atoms with E-state index in [1.807, 2.05) is 0 Å². The Morgan fingerprint density at radius 3 is 2.44 bits per heavy atom. The van der Waals surface area contributed by atoms with Crippen molar-refractivity contribution in [2.24, 2.45) is 11.8 Å². The van der Waals surface area contributed by atoms with Gasteiger partial charge in [0.05, 0.1) is 0 Å². The van der Waals surface area contributed by atoms with Gasteiger partial charge in [-0.05, 0) is 45.1 Å². The quantitative estimate of drug-likeness (QED) is 0.554. The van der Waals surface area contributed by atoms with Crippen LogP contribution in [0, 0.1) is 5.92 Å². The molecule has 2 saturated heterocycles. The minimum absolute atomic E-state index is 0.553. The number of hydrogen-bond donors (Lipinski definition) is 2. The molecule has 0 aromatic heterocycles. The molecule has 0 aromatic carbocycles. The molecule has 3 N–H and O–H groups in total. The van der Waals surface area contributed by atoms with Crippen LogP contribution in [0.1, 0.15) is 51.9 Å². The van der Waals surface area contributed by atoms with E-state index in [9.17, 15) is 0 Å². The highest BCUT2D eigenvalue weighted by Gasteiger charge is 2.40. The molecular weight excluding hydrogens is 198 g/mol. The second-order valence-electron chi connectivity index (χ2n) is 5.70. The van der Waals surface area contributed by atoms with Crippen molar-refractivity contribution in [3.63, 3.8) is 0 Å². The van der Waals surface area contributed by atoms with Gasteiger partial charge in [-0.3, -0.25) is 11.3 Å². The molecule has 3 nitrogen and oxygen atoms in total. The molecule has 0 radical (unpaired) electrons. The lowest BCUT2D eigenvalue weighted by atomic mass is 9.83. The molecule has 16 heavy (non-hydrogen) atoms. The zero-order chi connectivity index (χ0) is 11.5. The molecule has 0 spiro atoms. The average molecular weight is 225 g/mol. The normalized spacial score (nSPS) is 36.6. The largest absolute Gasteiger partial charge is 0.300 e. The molecule has 3 atom stereocenters. The van der Waals surface area contributed by atoms with Gasteiger partial charge in [0, 0.05) is 18.1 Å². The van der Waals surface area contributed by atoms with Crippen molar-refractivity contribution in [1.29, 1.82) is 0 Å². The van der Waals surface area contributed by atoms with Gasteiger partial charge in [-0.15, -0.1) is 0 Å². The van der Waals surface area contributed by atoms with Crippen LogP contribution in [0.25, 0.3) is 0 Å². The van der Waals surface area contributed by atoms with Crippen molar-refractivity contribution < 1.29 is 0 Å². The van der Waals surface area contributed by atoms with Crippen LogP contribution in [-0.4, -0.2) is 30.1 Å². The first-order valence-electron chi connectivity index (χ1n) is 6.94. The van der Waals surface area contributed by atoms with Gasteiger partial charge in [0.2, 0.25) is 0 Å². The molecule has 94 valence electrons. The van der Waals surface area contributed by atoms with E-state index in [-0.39, 0.29) is 0 Å². The molecule has 0 aromatic rings. The van der Waals surface area contributed by atoms with E-state index >= 15 is 0 Å². The lowest BCUT2D eigenvalue weighted by molar-refractivity contribution is 0.109. The van der Waals surface area contributed by atoms with Gasteiger partial charge in [-0.25, -0.2) is 0 Å². The molecule has 0 amide bonds. The van der Waals surface area contributed by atoms with Gasteiger partial charge < -0.3 is 4.90 Å². The maximum Gasteiger partial charge on any atom is 0.0239 e. The monoisotopic (exact) mass is 225 g/mol. The van der Waals surface area contributed by atoms with E-state index in [4.69, 9.17) is 5.84 Å². The summed E-state index contributed by atoms with van der Waals surface area (Å²) < 4.78 is 0. The third-order valence-electron chi connectivity index (χ3n) is 4.79. The highest BCUT2D eigenvalue weighted by atomic mass is 15.2. The molecule has 0 aliphatic carbocycles. The van der Waals surface area contributed by atoms with E-state index in [1.54, 1.807) is 0 Å². The van der Waals surface area contributed by atoms with Crippen LogP contribution < -0.4 is 11.3 Å². The summed E-state index contributed by atoms with van der Waals surface area (Å²) in [5.41, 5.74) is 3.07. The molecule has 2 rings (SSSR count). The van der Waals surface area contributed by atoms with Crippen LogP contribution in [0.15, 0.2) is 0 Å². The maximum atomic E-state index is 5.73. The van der Waals surface area contributed by atoms with Gasteiger partial charge in [-0.2, -0.15) is 0 Å². The van der Waals surface area contributed by atoms with Gasteiger partial charge in [0.15, 0.2) is 0 Å². The number of nitrogens with zero attached hydrogens (tertiary/aromatic N) is 1. The van der Waals surface area contributed by atoms with Gasteiger partial charge in [0.25, 0.3) is 0 Å². The number of nitrogens with two attached hydrogens (primary N) is 1. The summed E-state index contributed by atoms with van der Waals surface area (Å²) in [5.74, 6) is 6.54. The lowest BCUT2D eigenvalue weighted by Gasteiger charge is -2.39. The minimum atomic E-state index is 0.553. The summed E-state index contributed by atoms with van der Waals surface area (Å²) in [7, 11) is 2.30. The van der Waals surface area contributed by atoms with Crippen LogP contribution in [0.5, 0.6) is 0 Å². The smallest absolute Gasteiger partial charge is 0.0239 e. The van der Waals surface area contributed by atoms with Crippen molar-refractivity contribution in [3.05, 3.63) is 0 Å². The zero-order valence-corrected chi connectivity index (χ0v) is 10.8. The van der Waals surface area contributed by atoms with E-state index in [1.165, 1.54) is 44.9 Å². The van der Waals surface area contributed by atoms with E-state index in [0.717, 1.165) is 18.0 Å². The first-order chi connectivity index (χ1) is 7.76. The first-order valence-corrected chi connectivity index (χ1v) is 6.94. The Bertz CT molecular complexity index is 205. The van der Waals surface area contributed by atoms with Crippen molar-refractivity contribution in [3.8, 4) is 0 Å². The Labute approximate surface area is 99.7 Å². The standard InChI is InChI=1S/C13H27N3/c1-3-4-5-13(15-14)10-8-11-6-7-12(9-10)16(11)2/h10-13,15H,3-9,14H2,1-2H3. The minimum Gasteiger partial charge on any atom is -0.300 e. The summed E-state index contributed by atoms with van der Waals surface area (Å²) >= 11 is 0. The number of rotatable bonds is 5. The van der Waals surface area contributed by atoms with Crippen LogP contribution in [0.3, 0.4) is 0 Å². The maximum absolute atomic E-state index is 5.73. The molecule has 3 unspecified atom stereocenters. The topological polar surface area (TPSA) is 41.3 Å². The highest BCUT2D eigenvalue weighted by Crippen LogP contribution is 2.39. The molecule has 2 fully saturated rings. The molecule has 3 heteroatoms. The summed E-state index contributed by atoms with van der Waals surface area (Å²) in [6.45, 7) is 2.26. The first kappa shape index (κ1) is 12.3. The van der Waals surface area contributed by atoms with Gasteiger partial charge in [-0.1, -0.05) is 19.8 Å². The molecular formula is C13H27N3. The fourth-order valence-electron chi connectivity index (χ4n) is 3.66.